The third kappa shape index (κ3) is 2.84. The van der Waals surface area contributed by atoms with Gasteiger partial charge in [0.1, 0.15) is 5.82 Å². The van der Waals surface area contributed by atoms with Crippen molar-refractivity contribution < 1.29 is 4.39 Å². The number of halogens is 1. The highest BCUT2D eigenvalue weighted by Gasteiger charge is 2.15. The van der Waals surface area contributed by atoms with Crippen LogP contribution in [0.1, 0.15) is 19.8 Å². The lowest BCUT2D eigenvalue weighted by Crippen LogP contribution is -2.33. The molecule has 3 heterocycles. The topological polar surface area (TPSA) is 45.5 Å². The van der Waals surface area contributed by atoms with Crippen LogP contribution in [0.2, 0.25) is 0 Å². The molecule has 1 aliphatic heterocycles. The lowest BCUT2D eigenvalue weighted by molar-refractivity contribution is 0.327. The van der Waals surface area contributed by atoms with E-state index in [1.165, 1.54) is 42.7 Å². The van der Waals surface area contributed by atoms with Crippen LogP contribution < -0.4 is 5.32 Å². The Kier molecular flexibility index (Phi) is 3.33. The quantitative estimate of drug-likeness (QED) is 0.913. The largest absolute Gasteiger partial charge is 0.349 e. The molecule has 1 unspecified atom stereocenters. The number of nitrogens with one attached hydrogen (secondary N) is 1. The summed E-state index contributed by atoms with van der Waals surface area (Å²) < 4.78 is 14.5. The lowest BCUT2D eigenvalue weighted by atomic mass is 10.3. The van der Waals surface area contributed by atoms with Crippen LogP contribution in [0.4, 0.5) is 10.3 Å². The lowest BCUT2D eigenvalue weighted by Gasteiger charge is -2.20. The van der Waals surface area contributed by atoms with E-state index < -0.39 is 0 Å². The maximum absolute atomic E-state index is 13.1. The van der Waals surface area contributed by atoms with Crippen molar-refractivity contribution in [1.29, 1.82) is 0 Å². The number of anilines is 1. The first-order valence-corrected chi connectivity index (χ1v) is 6.71. The SMILES string of the molecule is CC(CN1CCCC1)Nc1nc2ccc(F)cn2n1. The third-order valence-corrected chi connectivity index (χ3v) is 3.40. The average molecular weight is 263 g/mol. The zero-order valence-electron chi connectivity index (χ0n) is 11.0. The van der Waals surface area contributed by atoms with Crippen LogP contribution in [0, 0.1) is 5.82 Å². The predicted molar refractivity (Wildman–Crippen MR) is 71.7 cm³/mol. The molecule has 0 spiro atoms. The maximum atomic E-state index is 13.1. The number of rotatable bonds is 4. The van der Waals surface area contributed by atoms with Gasteiger partial charge in [-0.3, -0.25) is 0 Å². The normalized spacial score (nSPS) is 18.0. The number of hydrogen-bond acceptors (Lipinski definition) is 4. The van der Waals surface area contributed by atoms with Crippen LogP contribution >= 0.6 is 0 Å². The van der Waals surface area contributed by atoms with Gasteiger partial charge in [0.25, 0.3) is 0 Å². The smallest absolute Gasteiger partial charge is 0.243 e. The van der Waals surface area contributed by atoms with E-state index >= 15 is 0 Å². The number of aromatic nitrogens is 3. The molecule has 1 saturated heterocycles. The van der Waals surface area contributed by atoms with E-state index in [2.05, 4.69) is 27.2 Å². The molecule has 1 atom stereocenters. The van der Waals surface area contributed by atoms with Crippen molar-refractivity contribution in [2.75, 3.05) is 25.0 Å². The maximum Gasteiger partial charge on any atom is 0.243 e. The molecule has 6 heteroatoms. The molecule has 3 rings (SSSR count). The van der Waals surface area contributed by atoms with E-state index in [-0.39, 0.29) is 11.9 Å². The summed E-state index contributed by atoms with van der Waals surface area (Å²) in [6.07, 6.45) is 3.91. The Balaban J connectivity index is 1.66. The second kappa shape index (κ2) is 5.13. The van der Waals surface area contributed by atoms with Crippen LogP contribution in [0.3, 0.4) is 0 Å². The number of hydrogen-bond donors (Lipinski definition) is 1. The van der Waals surface area contributed by atoms with Gasteiger partial charge in [0, 0.05) is 12.6 Å². The van der Waals surface area contributed by atoms with Crippen molar-refractivity contribution in [1.82, 2.24) is 19.5 Å². The number of pyridine rings is 1. The van der Waals surface area contributed by atoms with Gasteiger partial charge in [-0.05, 0) is 45.0 Å². The zero-order chi connectivity index (χ0) is 13.2. The third-order valence-electron chi connectivity index (χ3n) is 3.40. The summed E-state index contributed by atoms with van der Waals surface area (Å²) in [5.41, 5.74) is 0.650. The Hall–Kier alpha value is -1.69. The first-order valence-electron chi connectivity index (χ1n) is 6.71. The molecule has 2 aromatic rings. The molecular formula is C13H18FN5. The summed E-state index contributed by atoms with van der Waals surface area (Å²) in [6, 6.07) is 3.29. The molecule has 0 aliphatic carbocycles. The van der Waals surface area contributed by atoms with Crippen molar-refractivity contribution >= 4 is 11.6 Å². The average Bonchev–Trinajstić information content (AvgIpc) is 2.97. The molecule has 5 nitrogen and oxygen atoms in total. The van der Waals surface area contributed by atoms with Gasteiger partial charge in [-0.25, -0.2) is 8.91 Å². The van der Waals surface area contributed by atoms with Crippen molar-refractivity contribution in [3.8, 4) is 0 Å². The minimum Gasteiger partial charge on any atom is -0.349 e. The fourth-order valence-electron chi connectivity index (χ4n) is 2.54. The summed E-state index contributed by atoms with van der Waals surface area (Å²) >= 11 is 0. The summed E-state index contributed by atoms with van der Waals surface area (Å²) in [6.45, 7) is 5.46. The van der Waals surface area contributed by atoms with Gasteiger partial charge in [0.05, 0.1) is 6.20 Å². The van der Waals surface area contributed by atoms with Crippen LogP contribution in [0.5, 0.6) is 0 Å². The molecule has 19 heavy (non-hydrogen) atoms. The van der Waals surface area contributed by atoms with Crippen molar-refractivity contribution in [3.05, 3.63) is 24.1 Å². The molecule has 102 valence electrons. The van der Waals surface area contributed by atoms with Crippen molar-refractivity contribution in [2.45, 2.75) is 25.8 Å². The molecule has 0 amide bonds. The van der Waals surface area contributed by atoms with Gasteiger partial charge in [-0.2, -0.15) is 4.98 Å². The fourth-order valence-corrected chi connectivity index (χ4v) is 2.54. The molecule has 1 N–H and O–H groups in total. The Labute approximate surface area is 111 Å². The molecule has 0 aromatic carbocycles. The van der Waals surface area contributed by atoms with Gasteiger partial charge in [0.2, 0.25) is 5.95 Å². The van der Waals surface area contributed by atoms with Gasteiger partial charge >= 0.3 is 0 Å². The Morgan fingerprint density at radius 2 is 2.16 bits per heavy atom. The minimum absolute atomic E-state index is 0.278. The zero-order valence-corrected chi connectivity index (χ0v) is 11.0. The van der Waals surface area contributed by atoms with Crippen LogP contribution in [-0.2, 0) is 0 Å². The first kappa shape index (κ1) is 12.3. The molecule has 0 saturated carbocycles. The Morgan fingerprint density at radius 3 is 2.95 bits per heavy atom. The van der Waals surface area contributed by atoms with Crippen LogP contribution in [0.25, 0.3) is 5.65 Å². The van der Waals surface area contributed by atoms with Gasteiger partial charge in [-0.1, -0.05) is 0 Å². The van der Waals surface area contributed by atoms with Gasteiger partial charge in [0.15, 0.2) is 5.65 Å². The van der Waals surface area contributed by atoms with Crippen molar-refractivity contribution in [2.24, 2.45) is 0 Å². The van der Waals surface area contributed by atoms with E-state index in [9.17, 15) is 4.39 Å². The van der Waals surface area contributed by atoms with E-state index in [1.54, 1.807) is 6.07 Å². The number of nitrogens with zero attached hydrogens (tertiary/aromatic N) is 4. The monoisotopic (exact) mass is 263 g/mol. The second-order valence-corrected chi connectivity index (χ2v) is 5.14. The summed E-state index contributed by atoms with van der Waals surface area (Å²) in [5, 5.41) is 7.49. The van der Waals surface area contributed by atoms with E-state index in [4.69, 9.17) is 0 Å². The second-order valence-electron chi connectivity index (χ2n) is 5.14. The highest BCUT2D eigenvalue weighted by Crippen LogP contribution is 2.11. The van der Waals surface area contributed by atoms with Gasteiger partial charge in [-0.15, -0.1) is 5.10 Å². The molecule has 2 aromatic heterocycles. The summed E-state index contributed by atoms with van der Waals surface area (Å²) in [4.78, 5) is 6.76. The Morgan fingerprint density at radius 1 is 1.37 bits per heavy atom. The highest BCUT2D eigenvalue weighted by molar-refractivity contribution is 5.43. The summed E-state index contributed by atoms with van der Waals surface area (Å²) in [5.74, 6) is 0.242. The molecule has 0 bridgehead atoms. The minimum atomic E-state index is -0.311. The fraction of sp³-hybridized carbons (Fsp3) is 0.538. The molecule has 1 fully saturated rings. The van der Waals surface area contributed by atoms with E-state index in [0.717, 1.165) is 6.54 Å². The molecular weight excluding hydrogens is 245 g/mol. The Bertz CT molecular complexity index is 561. The van der Waals surface area contributed by atoms with E-state index in [1.807, 2.05) is 0 Å². The van der Waals surface area contributed by atoms with Crippen LogP contribution in [0.15, 0.2) is 18.3 Å². The first-order chi connectivity index (χ1) is 9.20. The van der Waals surface area contributed by atoms with Crippen molar-refractivity contribution in [3.63, 3.8) is 0 Å². The molecule has 1 aliphatic rings. The summed E-state index contributed by atoms with van der Waals surface area (Å²) in [7, 11) is 0. The number of likely N-dealkylation sites (tertiary alicyclic amines) is 1. The van der Waals surface area contributed by atoms with Crippen LogP contribution in [-0.4, -0.2) is 45.2 Å². The standard InChI is InChI=1S/C13H18FN5/c1-10(8-18-6-2-3-7-18)15-13-16-12-5-4-11(14)9-19(12)17-13/h4-5,9-10H,2-3,6-8H2,1H3,(H,15,17). The highest BCUT2D eigenvalue weighted by atomic mass is 19.1. The number of fused-ring (bicyclic) bond motifs is 1. The predicted octanol–water partition coefficient (Wildman–Crippen LogP) is 1.76. The molecule has 0 radical (unpaired) electrons. The van der Waals surface area contributed by atoms with E-state index in [0.29, 0.717) is 11.6 Å². The van der Waals surface area contributed by atoms with Gasteiger partial charge < -0.3 is 10.2 Å².